The molecule has 0 radical (unpaired) electrons. The highest BCUT2D eigenvalue weighted by Gasteiger charge is 2.71. The van der Waals surface area contributed by atoms with Crippen LogP contribution in [0, 0.1) is 15.5 Å². The lowest BCUT2D eigenvalue weighted by Gasteiger charge is -2.15. The van der Waals surface area contributed by atoms with Crippen LogP contribution in [0.3, 0.4) is 0 Å². The Labute approximate surface area is 97.2 Å². The van der Waals surface area contributed by atoms with Gasteiger partial charge in [-0.25, -0.2) is 0 Å². The minimum Gasteiger partial charge on any atom is -0.481 e. The van der Waals surface area contributed by atoms with Crippen molar-refractivity contribution < 1.29 is 14.8 Å². The van der Waals surface area contributed by atoms with E-state index in [4.69, 9.17) is 0 Å². The number of nitrogens with zero attached hydrogens (tertiary/aromatic N) is 3. The maximum Gasteiger partial charge on any atom is 0.316 e. The second-order valence-corrected chi connectivity index (χ2v) is 5.03. The SMILES string of the molecule is Cn1ncc([N+](=O)[O-])c1C1(C(=O)O)CC1(C)C. The molecule has 0 aromatic carbocycles. The number of aryl methyl sites for hydroxylation is 1. The van der Waals surface area contributed by atoms with Gasteiger partial charge in [0.05, 0.1) is 4.92 Å². The molecule has 1 N–H and O–H groups in total. The number of rotatable bonds is 3. The van der Waals surface area contributed by atoms with E-state index in [1.165, 1.54) is 11.7 Å². The molecular weight excluding hydrogens is 226 g/mol. The van der Waals surface area contributed by atoms with Crippen molar-refractivity contribution in [2.45, 2.75) is 25.7 Å². The third-order valence-corrected chi connectivity index (χ3v) is 3.62. The van der Waals surface area contributed by atoms with Crippen molar-refractivity contribution in [1.82, 2.24) is 9.78 Å². The Balaban J connectivity index is 2.65. The van der Waals surface area contributed by atoms with Gasteiger partial charge >= 0.3 is 11.7 Å². The Morgan fingerprint density at radius 1 is 1.65 bits per heavy atom. The number of carbonyl (C=O) groups is 1. The van der Waals surface area contributed by atoms with Crippen LogP contribution in [0.1, 0.15) is 26.0 Å². The topological polar surface area (TPSA) is 98.3 Å². The molecule has 0 bridgehead atoms. The molecule has 7 heteroatoms. The van der Waals surface area contributed by atoms with Crippen LogP contribution in [-0.4, -0.2) is 25.8 Å². The predicted octanol–water partition coefficient (Wildman–Crippen LogP) is 1.08. The quantitative estimate of drug-likeness (QED) is 0.628. The molecule has 1 atom stereocenters. The first-order valence-corrected chi connectivity index (χ1v) is 5.14. The van der Waals surface area contributed by atoms with E-state index < -0.39 is 21.7 Å². The molecule has 0 saturated heterocycles. The molecule has 0 amide bonds. The summed E-state index contributed by atoms with van der Waals surface area (Å²) in [4.78, 5) is 21.8. The first-order chi connectivity index (χ1) is 7.74. The monoisotopic (exact) mass is 239 g/mol. The van der Waals surface area contributed by atoms with E-state index in [9.17, 15) is 20.0 Å². The molecule has 7 nitrogen and oxygen atoms in total. The van der Waals surface area contributed by atoms with Gasteiger partial charge in [-0.15, -0.1) is 0 Å². The van der Waals surface area contributed by atoms with Gasteiger partial charge in [-0.3, -0.25) is 19.6 Å². The number of carboxylic acid groups (broad SMARTS) is 1. The van der Waals surface area contributed by atoms with Gasteiger partial charge < -0.3 is 5.11 Å². The first-order valence-electron chi connectivity index (χ1n) is 5.14. The summed E-state index contributed by atoms with van der Waals surface area (Å²) in [6.45, 7) is 3.58. The zero-order valence-electron chi connectivity index (χ0n) is 9.80. The molecular formula is C10H13N3O4. The zero-order chi connectivity index (χ0) is 13.0. The Hall–Kier alpha value is -1.92. The van der Waals surface area contributed by atoms with Crippen molar-refractivity contribution in [2.75, 3.05) is 0 Å². The molecule has 1 aromatic rings. The summed E-state index contributed by atoms with van der Waals surface area (Å²) in [7, 11) is 1.53. The minimum absolute atomic E-state index is 0.181. The van der Waals surface area contributed by atoms with Crippen molar-refractivity contribution in [3.05, 3.63) is 22.0 Å². The van der Waals surface area contributed by atoms with Crippen LogP contribution in [-0.2, 0) is 17.3 Å². The van der Waals surface area contributed by atoms with Crippen molar-refractivity contribution in [1.29, 1.82) is 0 Å². The Kier molecular flexibility index (Phi) is 2.08. The lowest BCUT2D eigenvalue weighted by atomic mass is 9.91. The van der Waals surface area contributed by atoms with Crippen LogP contribution >= 0.6 is 0 Å². The summed E-state index contributed by atoms with van der Waals surface area (Å²) < 4.78 is 1.29. The molecule has 1 aliphatic rings. The van der Waals surface area contributed by atoms with E-state index in [1.54, 1.807) is 13.8 Å². The van der Waals surface area contributed by atoms with Gasteiger partial charge in [-0.2, -0.15) is 5.10 Å². The van der Waals surface area contributed by atoms with E-state index in [0.717, 1.165) is 6.20 Å². The second-order valence-electron chi connectivity index (χ2n) is 5.03. The summed E-state index contributed by atoms with van der Waals surface area (Å²) >= 11 is 0. The van der Waals surface area contributed by atoms with Crippen molar-refractivity contribution in [3.63, 3.8) is 0 Å². The average Bonchev–Trinajstić information content (AvgIpc) is 2.57. The van der Waals surface area contributed by atoms with E-state index in [2.05, 4.69) is 5.10 Å². The molecule has 2 rings (SSSR count). The van der Waals surface area contributed by atoms with E-state index >= 15 is 0 Å². The Morgan fingerprint density at radius 3 is 2.53 bits per heavy atom. The fraction of sp³-hybridized carbons (Fsp3) is 0.600. The number of aromatic nitrogens is 2. The fourth-order valence-corrected chi connectivity index (χ4v) is 2.54. The van der Waals surface area contributed by atoms with Crippen molar-refractivity contribution in [3.8, 4) is 0 Å². The van der Waals surface area contributed by atoms with E-state index in [-0.39, 0.29) is 11.4 Å². The second kappa shape index (κ2) is 3.06. The molecule has 92 valence electrons. The standard InChI is InChI=1S/C10H13N3O4/c1-9(2)5-10(9,8(14)15)7-6(13(16)17)4-11-12(7)3/h4H,5H2,1-3H3,(H,14,15). The van der Waals surface area contributed by atoms with Crippen LogP contribution in [0.25, 0.3) is 0 Å². The number of aliphatic carboxylic acids is 1. The van der Waals surface area contributed by atoms with Gasteiger partial charge in [0, 0.05) is 7.05 Å². The maximum absolute atomic E-state index is 11.5. The molecule has 0 aliphatic heterocycles. The largest absolute Gasteiger partial charge is 0.481 e. The molecule has 1 aliphatic carbocycles. The normalized spacial score (nSPS) is 25.6. The molecule has 1 heterocycles. The number of hydrogen-bond acceptors (Lipinski definition) is 4. The van der Waals surface area contributed by atoms with E-state index in [0.29, 0.717) is 6.42 Å². The van der Waals surface area contributed by atoms with Crippen molar-refractivity contribution in [2.24, 2.45) is 12.5 Å². The van der Waals surface area contributed by atoms with Crippen LogP contribution in [0.15, 0.2) is 6.20 Å². The number of nitro groups is 1. The molecule has 1 unspecified atom stereocenters. The average molecular weight is 239 g/mol. The molecule has 1 saturated carbocycles. The van der Waals surface area contributed by atoms with Gasteiger partial charge in [0.1, 0.15) is 17.3 Å². The van der Waals surface area contributed by atoms with Gasteiger partial charge in [0.15, 0.2) is 0 Å². The van der Waals surface area contributed by atoms with Gasteiger partial charge in [-0.05, 0) is 11.8 Å². The predicted molar refractivity (Wildman–Crippen MR) is 57.6 cm³/mol. The maximum atomic E-state index is 11.5. The summed E-state index contributed by atoms with van der Waals surface area (Å²) in [6.07, 6.45) is 1.49. The zero-order valence-corrected chi connectivity index (χ0v) is 9.80. The van der Waals surface area contributed by atoms with Crippen LogP contribution in [0.2, 0.25) is 0 Å². The van der Waals surface area contributed by atoms with Crippen LogP contribution in [0.4, 0.5) is 5.69 Å². The van der Waals surface area contributed by atoms with Gasteiger partial charge in [0.25, 0.3) is 0 Å². The van der Waals surface area contributed by atoms with Crippen LogP contribution in [0.5, 0.6) is 0 Å². The fourth-order valence-electron chi connectivity index (χ4n) is 2.54. The third kappa shape index (κ3) is 1.28. The third-order valence-electron chi connectivity index (χ3n) is 3.62. The van der Waals surface area contributed by atoms with Gasteiger partial charge in [-0.1, -0.05) is 13.8 Å². The first kappa shape index (κ1) is 11.6. The summed E-state index contributed by atoms with van der Waals surface area (Å²) in [5.41, 5.74) is -1.72. The highest BCUT2D eigenvalue weighted by Crippen LogP contribution is 2.65. The summed E-state index contributed by atoms with van der Waals surface area (Å²) in [5, 5.41) is 24.1. The van der Waals surface area contributed by atoms with E-state index in [1.807, 2.05) is 0 Å². The van der Waals surface area contributed by atoms with Crippen molar-refractivity contribution >= 4 is 11.7 Å². The highest BCUT2D eigenvalue weighted by atomic mass is 16.6. The number of carboxylic acids is 1. The Morgan fingerprint density at radius 2 is 2.18 bits per heavy atom. The Bertz CT molecular complexity index is 520. The minimum atomic E-state index is -1.19. The summed E-state index contributed by atoms with van der Waals surface area (Å²) in [6, 6.07) is 0. The lowest BCUT2D eigenvalue weighted by Crippen LogP contribution is -2.29. The van der Waals surface area contributed by atoms with Crippen LogP contribution < -0.4 is 0 Å². The smallest absolute Gasteiger partial charge is 0.316 e. The highest BCUT2D eigenvalue weighted by molar-refractivity contribution is 5.88. The number of hydrogen-bond donors (Lipinski definition) is 1. The molecule has 0 spiro atoms. The molecule has 1 aromatic heterocycles. The molecule has 1 fully saturated rings. The lowest BCUT2D eigenvalue weighted by molar-refractivity contribution is -0.386. The molecule has 17 heavy (non-hydrogen) atoms. The summed E-state index contributed by atoms with van der Waals surface area (Å²) in [5.74, 6) is -1.03. The van der Waals surface area contributed by atoms with Gasteiger partial charge in [0.2, 0.25) is 0 Å².